The molecule has 1 rings (SSSR count). The summed E-state index contributed by atoms with van der Waals surface area (Å²) in [5.74, 6) is 0.359. The molecule has 7 heteroatoms. The molecule has 0 heterocycles. The Morgan fingerprint density at radius 1 is 1.28 bits per heavy atom. The maximum Gasteiger partial charge on any atom is 0.411 e. The molecule has 0 aromatic rings. The first kappa shape index (κ1) is 14.8. The fourth-order valence-corrected chi connectivity index (χ4v) is 1.95. The van der Waals surface area contributed by atoms with Crippen molar-refractivity contribution in [3.63, 3.8) is 0 Å². The van der Waals surface area contributed by atoms with Crippen molar-refractivity contribution in [1.29, 1.82) is 0 Å². The van der Waals surface area contributed by atoms with Crippen molar-refractivity contribution >= 4 is 5.96 Å². The van der Waals surface area contributed by atoms with Crippen LogP contribution < -0.4 is 16.0 Å². The van der Waals surface area contributed by atoms with Crippen LogP contribution in [0.3, 0.4) is 0 Å². The fraction of sp³-hybridized carbons (Fsp3) is 0.727. The molecule has 0 bridgehead atoms. The summed E-state index contributed by atoms with van der Waals surface area (Å²) in [7, 11) is 3.44. The van der Waals surface area contributed by atoms with Gasteiger partial charge < -0.3 is 16.0 Å². The van der Waals surface area contributed by atoms with Gasteiger partial charge in [-0.25, -0.2) is 0 Å². The summed E-state index contributed by atoms with van der Waals surface area (Å²) >= 11 is 0. The van der Waals surface area contributed by atoms with Gasteiger partial charge in [-0.2, -0.15) is 13.2 Å². The maximum absolute atomic E-state index is 11.9. The van der Waals surface area contributed by atoms with E-state index in [4.69, 9.17) is 0 Å². The van der Waals surface area contributed by atoms with Gasteiger partial charge >= 0.3 is 6.18 Å². The van der Waals surface area contributed by atoms with Crippen molar-refractivity contribution in [1.82, 2.24) is 16.0 Å². The number of alkyl halides is 3. The first-order chi connectivity index (χ1) is 8.44. The van der Waals surface area contributed by atoms with Gasteiger partial charge in [0, 0.05) is 31.4 Å². The molecule has 0 amide bonds. The predicted molar refractivity (Wildman–Crippen MR) is 65.3 cm³/mol. The van der Waals surface area contributed by atoms with E-state index in [-0.39, 0.29) is 12.1 Å². The number of halogens is 3. The van der Waals surface area contributed by atoms with Crippen molar-refractivity contribution in [3.8, 4) is 0 Å². The Morgan fingerprint density at radius 2 is 1.94 bits per heavy atom. The van der Waals surface area contributed by atoms with Gasteiger partial charge in [0.05, 0.1) is 0 Å². The molecule has 4 nitrogen and oxygen atoms in total. The maximum atomic E-state index is 11.9. The van der Waals surface area contributed by atoms with E-state index in [2.05, 4.69) is 20.9 Å². The third-order valence-corrected chi connectivity index (χ3v) is 2.90. The van der Waals surface area contributed by atoms with E-state index in [0.717, 1.165) is 25.5 Å². The quantitative estimate of drug-likeness (QED) is 0.533. The SMILES string of the molecule is CN=C(N/C=C/C(F)(F)F)N[C@H]1CC[C@H](NC)C1. The third kappa shape index (κ3) is 5.39. The molecule has 0 saturated heterocycles. The summed E-state index contributed by atoms with van der Waals surface area (Å²) < 4.78 is 35.7. The van der Waals surface area contributed by atoms with Crippen LogP contribution in [0, 0.1) is 0 Å². The van der Waals surface area contributed by atoms with Gasteiger partial charge in [0.2, 0.25) is 0 Å². The summed E-state index contributed by atoms with van der Waals surface area (Å²) in [6.45, 7) is 0. The van der Waals surface area contributed by atoms with Gasteiger partial charge in [-0.3, -0.25) is 4.99 Å². The zero-order chi connectivity index (χ0) is 13.6. The number of hydrogen-bond donors (Lipinski definition) is 3. The van der Waals surface area contributed by atoms with Crippen molar-refractivity contribution < 1.29 is 13.2 Å². The largest absolute Gasteiger partial charge is 0.411 e. The second-order valence-corrected chi connectivity index (χ2v) is 4.23. The minimum atomic E-state index is -4.31. The lowest BCUT2D eigenvalue weighted by atomic mass is 10.2. The van der Waals surface area contributed by atoms with Crippen molar-refractivity contribution in [2.75, 3.05) is 14.1 Å². The van der Waals surface area contributed by atoms with E-state index >= 15 is 0 Å². The minimum Gasteiger partial charge on any atom is -0.353 e. The van der Waals surface area contributed by atoms with E-state index in [1.807, 2.05) is 7.05 Å². The molecule has 1 fully saturated rings. The number of nitrogens with one attached hydrogen (secondary N) is 3. The van der Waals surface area contributed by atoms with E-state index in [0.29, 0.717) is 12.0 Å². The van der Waals surface area contributed by atoms with Gasteiger partial charge in [0.25, 0.3) is 0 Å². The fourth-order valence-electron chi connectivity index (χ4n) is 1.95. The molecule has 0 aliphatic heterocycles. The van der Waals surface area contributed by atoms with E-state index < -0.39 is 6.18 Å². The van der Waals surface area contributed by atoms with Crippen LogP contribution in [0.15, 0.2) is 17.3 Å². The molecule has 18 heavy (non-hydrogen) atoms. The Hall–Kier alpha value is -1.24. The summed E-state index contributed by atoms with van der Waals surface area (Å²) in [5.41, 5.74) is 0. The molecule has 1 aliphatic rings. The summed E-state index contributed by atoms with van der Waals surface area (Å²) in [6, 6.07) is 0.708. The average Bonchev–Trinajstić information content (AvgIpc) is 2.74. The zero-order valence-electron chi connectivity index (χ0n) is 10.5. The lowest BCUT2D eigenvalue weighted by Gasteiger charge is -2.16. The molecule has 2 atom stereocenters. The lowest BCUT2D eigenvalue weighted by Crippen LogP contribution is -2.41. The highest BCUT2D eigenvalue weighted by Crippen LogP contribution is 2.18. The van der Waals surface area contributed by atoms with E-state index in [1.54, 1.807) is 0 Å². The molecular formula is C11H19F3N4. The second-order valence-electron chi connectivity index (χ2n) is 4.23. The molecule has 0 radical (unpaired) electrons. The molecule has 104 valence electrons. The van der Waals surface area contributed by atoms with Crippen LogP contribution in [0.25, 0.3) is 0 Å². The van der Waals surface area contributed by atoms with Crippen LogP contribution >= 0.6 is 0 Å². The number of hydrogen-bond acceptors (Lipinski definition) is 2. The molecule has 0 aromatic carbocycles. The van der Waals surface area contributed by atoms with Gasteiger partial charge in [0.15, 0.2) is 5.96 Å². The van der Waals surface area contributed by atoms with Crippen molar-refractivity contribution in [2.45, 2.75) is 37.5 Å². The average molecular weight is 264 g/mol. The Labute approximate surface area is 105 Å². The highest BCUT2D eigenvalue weighted by atomic mass is 19.4. The molecule has 0 aromatic heterocycles. The second kappa shape index (κ2) is 6.63. The van der Waals surface area contributed by atoms with Crippen molar-refractivity contribution in [2.24, 2.45) is 4.99 Å². The normalized spacial score (nSPS) is 25.7. The molecule has 1 aliphatic carbocycles. The van der Waals surface area contributed by atoms with Crippen LogP contribution in [-0.2, 0) is 0 Å². The Balaban J connectivity index is 2.37. The van der Waals surface area contributed by atoms with Gasteiger partial charge in [-0.15, -0.1) is 0 Å². The number of aliphatic imine (C=N–C) groups is 1. The molecule has 3 N–H and O–H groups in total. The lowest BCUT2D eigenvalue weighted by molar-refractivity contribution is -0.0800. The van der Waals surface area contributed by atoms with E-state index in [1.165, 1.54) is 7.05 Å². The highest BCUT2D eigenvalue weighted by molar-refractivity contribution is 5.80. The molecule has 0 unspecified atom stereocenters. The molecular weight excluding hydrogens is 245 g/mol. The summed E-state index contributed by atoms with van der Waals surface area (Å²) in [4.78, 5) is 3.88. The predicted octanol–water partition coefficient (Wildman–Crippen LogP) is 1.37. The summed E-state index contributed by atoms with van der Waals surface area (Å²) in [5, 5.41) is 8.79. The number of nitrogens with zero attached hydrogens (tertiary/aromatic N) is 1. The number of allylic oxidation sites excluding steroid dienone is 1. The number of rotatable bonds is 3. The van der Waals surface area contributed by atoms with Crippen molar-refractivity contribution in [3.05, 3.63) is 12.3 Å². The van der Waals surface area contributed by atoms with Crippen LogP contribution in [0.4, 0.5) is 13.2 Å². The minimum absolute atomic E-state index is 0.144. The van der Waals surface area contributed by atoms with Crippen LogP contribution in [0.5, 0.6) is 0 Å². The summed E-state index contributed by atoms with van der Waals surface area (Å²) in [6.07, 6.45) is -0.333. The van der Waals surface area contributed by atoms with Gasteiger partial charge in [-0.05, 0) is 26.3 Å². The van der Waals surface area contributed by atoms with Gasteiger partial charge in [0.1, 0.15) is 0 Å². The van der Waals surface area contributed by atoms with Crippen LogP contribution in [0.2, 0.25) is 0 Å². The molecule has 1 saturated carbocycles. The number of guanidine groups is 1. The standard InChI is InChI=1S/C11H19F3N4/c1-15-8-3-4-9(7-8)18-10(16-2)17-6-5-11(12,13)14/h5-6,8-9,15H,3-4,7H2,1-2H3,(H2,16,17,18)/b6-5+/t8-,9-/m0/s1. The third-order valence-electron chi connectivity index (χ3n) is 2.90. The highest BCUT2D eigenvalue weighted by Gasteiger charge is 2.24. The molecule has 0 spiro atoms. The zero-order valence-corrected chi connectivity index (χ0v) is 10.5. The van der Waals surface area contributed by atoms with Crippen LogP contribution in [-0.4, -0.2) is 38.3 Å². The first-order valence-electron chi connectivity index (χ1n) is 5.86. The smallest absolute Gasteiger partial charge is 0.353 e. The van der Waals surface area contributed by atoms with Crippen LogP contribution in [0.1, 0.15) is 19.3 Å². The monoisotopic (exact) mass is 264 g/mol. The Bertz CT molecular complexity index is 312. The van der Waals surface area contributed by atoms with E-state index in [9.17, 15) is 13.2 Å². The Morgan fingerprint density at radius 3 is 2.44 bits per heavy atom. The Kier molecular flexibility index (Phi) is 5.46. The topological polar surface area (TPSA) is 48.5 Å². The van der Waals surface area contributed by atoms with Gasteiger partial charge in [-0.1, -0.05) is 0 Å². The first-order valence-corrected chi connectivity index (χ1v) is 5.86.